The number of nitro benzene ring substituents is 1. The molecule has 16 heavy (non-hydrogen) atoms. The van der Waals surface area contributed by atoms with Gasteiger partial charge in [0.1, 0.15) is 5.69 Å². The van der Waals surface area contributed by atoms with E-state index in [-0.39, 0.29) is 22.9 Å². The van der Waals surface area contributed by atoms with Crippen LogP contribution in [0.15, 0.2) is 18.2 Å². The first-order valence-electron chi connectivity index (χ1n) is 4.70. The smallest absolute Gasteiger partial charge is 0.293 e. The van der Waals surface area contributed by atoms with Gasteiger partial charge in [0.25, 0.3) is 5.69 Å². The van der Waals surface area contributed by atoms with Crippen molar-refractivity contribution in [3.8, 4) is 0 Å². The van der Waals surface area contributed by atoms with E-state index in [1.165, 1.54) is 12.1 Å². The summed E-state index contributed by atoms with van der Waals surface area (Å²) < 4.78 is 0. The molecule has 2 N–H and O–H groups in total. The van der Waals surface area contributed by atoms with Crippen molar-refractivity contribution >= 4 is 23.0 Å². The van der Waals surface area contributed by atoms with E-state index in [0.29, 0.717) is 0 Å². The average Bonchev–Trinajstić information content (AvgIpc) is 2.13. The largest absolute Gasteiger partial charge is 0.389 e. The van der Waals surface area contributed by atoms with Crippen molar-refractivity contribution in [2.24, 2.45) is 0 Å². The lowest BCUT2D eigenvalue weighted by molar-refractivity contribution is -0.384. The van der Waals surface area contributed by atoms with Gasteiger partial charge in [0.15, 0.2) is 0 Å². The fraction of sp³-hybridized carbons (Fsp3) is 0.400. The molecule has 0 unspecified atom stereocenters. The van der Waals surface area contributed by atoms with Crippen LogP contribution in [-0.2, 0) is 0 Å². The molecule has 6 heteroatoms. The van der Waals surface area contributed by atoms with E-state index >= 15 is 0 Å². The van der Waals surface area contributed by atoms with Gasteiger partial charge in [-0.15, -0.1) is 0 Å². The molecule has 1 aromatic carbocycles. The zero-order chi connectivity index (χ0) is 12.3. The zero-order valence-electron chi connectivity index (χ0n) is 9.03. The number of rotatable bonds is 4. The number of aliphatic hydroxyl groups is 1. The number of nitrogens with zero attached hydrogens (tertiary/aromatic N) is 1. The van der Waals surface area contributed by atoms with Gasteiger partial charge in [-0.25, -0.2) is 0 Å². The number of nitrogens with one attached hydrogen (secondary N) is 1. The fourth-order valence-electron chi connectivity index (χ4n) is 1.14. The summed E-state index contributed by atoms with van der Waals surface area (Å²) in [4.78, 5) is 10.2. The first-order chi connectivity index (χ1) is 7.31. The van der Waals surface area contributed by atoms with Gasteiger partial charge in [-0.3, -0.25) is 10.1 Å². The lowest BCUT2D eigenvalue weighted by atomic mass is 10.1. The summed E-state index contributed by atoms with van der Waals surface area (Å²) in [6.07, 6.45) is 0. The number of benzene rings is 1. The monoisotopic (exact) mass is 244 g/mol. The van der Waals surface area contributed by atoms with Gasteiger partial charge in [-0.05, 0) is 19.9 Å². The second-order valence-electron chi connectivity index (χ2n) is 4.06. The first-order valence-corrected chi connectivity index (χ1v) is 5.08. The predicted octanol–water partition coefficient (Wildman–Crippen LogP) is 2.43. The highest BCUT2D eigenvalue weighted by molar-refractivity contribution is 6.33. The highest BCUT2D eigenvalue weighted by Gasteiger charge is 2.19. The van der Waals surface area contributed by atoms with Crippen molar-refractivity contribution in [2.75, 3.05) is 11.9 Å². The van der Waals surface area contributed by atoms with E-state index in [1.807, 2.05) is 0 Å². The molecular formula is C10H13ClN2O3. The van der Waals surface area contributed by atoms with Crippen LogP contribution in [0.1, 0.15) is 13.8 Å². The van der Waals surface area contributed by atoms with Crippen LogP contribution in [0.5, 0.6) is 0 Å². The number of hydrogen-bond acceptors (Lipinski definition) is 4. The zero-order valence-corrected chi connectivity index (χ0v) is 9.78. The SMILES string of the molecule is CC(C)(O)CNc1c(Cl)cccc1[N+](=O)[O-]. The predicted molar refractivity (Wildman–Crippen MR) is 62.9 cm³/mol. The molecule has 0 radical (unpaired) electrons. The fourth-order valence-corrected chi connectivity index (χ4v) is 1.38. The second-order valence-corrected chi connectivity index (χ2v) is 4.46. The molecule has 88 valence electrons. The van der Waals surface area contributed by atoms with Gasteiger partial charge >= 0.3 is 0 Å². The van der Waals surface area contributed by atoms with Crippen LogP contribution in [0.25, 0.3) is 0 Å². The molecular weight excluding hydrogens is 232 g/mol. The number of halogens is 1. The van der Waals surface area contributed by atoms with E-state index in [9.17, 15) is 15.2 Å². The minimum atomic E-state index is -0.965. The average molecular weight is 245 g/mol. The number of nitro groups is 1. The maximum atomic E-state index is 10.7. The molecule has 0 saturated heterocycles. The summed E-state index contributed by atoms with van der Waals surface area (Å²) in [7, 11) is 0. The molecule has 0 aliphatic rings. The van der Waals surface area contributed by atoms with Crippen molar-refractivity contribution in [2.45, 2.75) is 19.4 Å². The Labute approximate surface area is 98.2 Å². The van der Waals surface area contributed by atoms with Crippen LogP contribution in [0.4, 0.5) is 11.4 Å². The standard InChI is InChI=1S/C10H13ClN2O3/c1-10(2,14)6-12-9-7(11)4-3-5-8(9)13(15)16/h3-5,12,14H,6H2,1-2H3. The van der Waals surface area contributed by atoms with Crippen LogP contribution < -0.4 is 5.32 Å². The Hall–Kier alpha value is -1.33. The molecule has 0 amide bonds. The van der Waals surface area contributed by atoms with Crippen molar-refractivity contribution in [3.63, 3.8) is 0 Å². The van der Waals surface area contributed by atoms with Gasteiger partial charge in [-0.2, -0.15) is 0 Å². The molecule has 0 heterocycles. The summed E-state index contributed by atoms with van der Waals surface area (Å²) in [5.41, 5.74) is -0.833. The van der Waals surface area contributed by atoms with E-state index in [1.54, 1.807) is 19.9 Å². The Morgan fingerprint density at radius 2 is 2.19 bits per heavy atom. The first kappa shape index (κ1) is 12.7. The third-order valence-corrected chi connectivity index (χ3v) is 2.20. The van der Waals surface area contributed by atoms with Crippen molar-refractivity contribution < 1.29 is 10.0 Å². The van der Waals surface area contributed by atoms with Crippen molar-refractivity contribution in [1.29, 1.82) is 0 Å². The van der Waals surface area contributed by atoms with Crippen molar-refractivity contribution in [1.82, 2.24) is 0 Å². The molecule has 0 aromatic heterocycles. The maximum Gasteiger partial charge on any atom is 0.293 e. The summed E-state index contributed by atoms with van der Waals surface area (Å²) in [5.74, 6) is 0. The molecule has 1 aromatic rings. The van der Waals surface area contributed by atoms with Gasteiger partial charge < -0.3 is 10.4 Å². The molecule has 0 atom stereocenters. The lowest BCUT2D eigenvalue weighted by Gasteiger charge is -2.18. The number of para-hydroxylation sites is 1. The van der Waals surface area contributed by atoms with E-state index in [2.05, 4.69) is 5.32 Å². The Balaban J connectivity index is 2.98. The minimum absolute atomic E-state index is 0.100. The summed E-state index contributed by atoms with van der Waals surface area (Å²) in [6.45, 7) is 3.38. The second kappa shape index (κ2) is 4.67. The van der Waals surface area contributed by atoms with E-state index in [4.69, 9.17) is 11.6 Å². The third-order valence-electron chi connectivity index (χ3n) is 1.89. The van der Waals surface area contributed by atoms with Gasteiger partial charge in [0.05, 0.1) is 15.5 Å². The molecule has 0 aliphatic carbocycles. The van der Waals surface area contributed by atoms with Gasteiger partial charge in [0.2, 0.25) is 0 Å². The quantitative estimate of drug-likeness (QED) is 0.630. The number of hydrogen-bond donors (Lipinski definition) is 2. The Morgan fingerprint density at radius 1 is 1.56 bits per heavy atom. The van der Waals surface area contributed by atoms with Crippen LogP contribution in [0, 0.1) is 10.1 Å². The summed E-state index contributed by atoms with van der Waals surface area (Å²) in [5, 5.41) is 23.3. The van der Waals surface area contributed by atoms with E-state index in [0.717, 1.165) is 0 Å². The molecule has 0 spiro atoms. The maximum absolute atomic E-state index is 10.7. The normalized spacial score (nSPS) is 11.2. The van der Waals surface area contributed by atoms with Crippen LogP contribution in [-0.4, -0.2) is 22.2 Å². The lowest BCUT2D eigenvalue weighted by Crippen LogP contribution is -2.29. The highest BCUT2D eigenvalue weighted by Crippen LogP contribution is 2.31. The van der Waals surface area contributed by atoms with Crippen LogP contribution in [0.2, 0.25) is 5.02 Å². The Morgan fingerprint density at radius 3 is 2.69 bits per heavy atom. The Bertz CT molecular complexity index is 402. The molecule has 1 rings (SSSR count). The van der Waals surface area contributed by atoms with Gasteiger partial charge in [-0.1, -0.05) is 17.7 Å². The molecule has 0 saturated carbocycles. The summed E-state index contributed by atoms with van der Waals surface area (Å²) in [6, 6.07) is 4.43. The third kappa shape index (κ3) is 3.36. The highest BCUT2D eigenvalue weighted by atomic mass is 35.5. The van der Waals surface area contributed by atoms with Crippen molar-refractivity contribution in [3.05, 3.63) is 33.3 Å². The molecule has 0 bridgehead atoms. The summed E-state index contributed by atoms with van der Waals surface area (Å²) >= 11 is 5.85. The Kier molecular flexibility index (Phi) is 3.72. The van der Waals surface area contributed by atoms with E-state index < -0.39 is 10.5 Å². The minimum Gasteiger partial charge on any atom is -0.389 e. The molecule has 5 nitrogen and oxygen atoms in total. The topological polar surface area (TPSA) is 75.4 Å². The van der Waals surface area contributed by atoms with Crippen LogP contribution in [0.3, 0.4) is 0 Å². The molecule has 0 aliphatic heterocycles. The van der Waals surface area contributed by atoms with Crippen LogP contribution >= 0.6 is 11.6 Å². The van der Waals surface area contributed by atoms with Gasteiger partial charge in [0, 0.05) is 12.6 Å². The number of anilines is 1. The molecule has 0 fully saturated rings.